The van der Waals surface area contributed by atoms with E-state index in [-0.39, 0.29) is 0 Å². The molecule has 1 fully saturated rings. The molecule has 0 amide bonds. The standard InChI is InChI=1S/C25H50/c1-9-12-23(13-10-2)20(7)16-19(6)21(8)24-14-15-25(18(4)5)22(11-3)17-24/h18-25H,9-17H2,1-8H3. The molecule has 0 N–H and O–H groups in total. The minimum absolute atomic E-state index is 0.877. The van der Waals surface area contributed by atoms with Crippen molar-refractivity contribution >= 4 is 0 Å². The van der Waals surface area contributed by atoms with Crippen LogP contribution in [-0.2, 0) is 0 Å². The van der Waals surface area contributed by atoms with Crippen LogP contribution in [0.2, 0.25) is 0 Å². The Bertz CT molecular complexity index is 325. The normalized spacial score (nSPS) is 28.3. The average molecular weight is 351 g/mol. The minimum atomic E-state index is 0.877. The fourth-order valence-electron chi connectivity index (χ4n) is 6.06. The Morgan fingerprint density at radius 1 is 0.800 bits per heavy atom. The van der Waals surface area contributed by atoms with Crippen LogP contribution in [-0.4, -0.2) is 0 Å². The van der Waals surface area contributed by atoms with Crippen molar-refractivity contribution in [3.8, 4) is 0 Å². The Labute approximate surface area is 160 Å². The Kier molecular flexibility index (Phi) is 10.7. The first-order valence-corrected chi connectivity index (χ1v) is 11.8. The van der Waals surface area contributed by atoms with Crippen LogP contribution < -0.4 is 0 Å². The molecule has 0 aromatic heterocycles. The predicted molar refractivity (Wildman–Crippen MR) is 115 cm³/mol. The topological polar surface area (TPSA) is 0 Å². The lowest BCUT2D eigenvalue weighted by Gasteiger charge is -2.42. The van der Waals surface area contributed by atoms with Crippen molar-refractivity contribution in [2.75, 3.05) is 0 Å². The van der Waals surface area contributed by atoms with Gasteiger partial charge < -0.3 is 0 Å². The summed E-state index contributed by atoms with van der Waals surface area (Å²) in [7, 11) is 0. The average Bonchev–Trinajstić information content (AvgIpc) is 2.59. The van der Waals surface area contributed by atoms with Gasteiger partial charge in [0.2, 0.25) is 0 Å². The van der Waals surface area contributed by atoms with E-state index >= 15 is 0 Å². The zero-order chi connectivity index (χ0) is 19.0. The van der Waals surface area contributed by atoms with Gasteiger partial charge in [-0.25, -0.2) is 0 Å². The lowest BCUT2D eigenvalue weighted by Crippen LogP contribution is -2.33. The molecule has 1 rings (SSSR count). The molecule has 25 heavy (non-hydrogen) atoms. The first kappa shape index (κ1) is 23.0. The summed E-state index contributed by atoms with van der Waals surface area (Å²) in [5.74, 6) is 7.51. The van der Waals surface area contributed by atoms with Gasteiger partial charge in [0.25, 0.3) is 0 Å². The van der Waals surface area contributed by atoms with Gasteiger partial charge in [-0.15, -0.1) is 0 Å². The van der Waals surface area contributed by atoms with Crippen molar-refractivity contribution in [3.05, 3.63) is 0 Å². The van der Waals surface area contributed by atoms with Gasteiger partial charge in [0.1, 0.15) is 0 Å². The van der Waals surface area contributed by atoms with Gasteiger partial charge in [-0.3, -0.25) is 0 Å². The van der Waals surface area contributed by atoms with E-state index in [4.69, 9.17) is 0 Å². The molecule has 0 radical (unpaired) electrons. The van der Waals surface area contributed by atoms with Crippen LogP contribution >= 0.6 is 0 Å². The molecule has 0 saturated heterocycles. The van der Waals surface area contributed by atoms with E-state index in [0.717, 1.165) is 47.3 Å². The largest absolute Gasteiger partial charge is 0.0654 e. The van der Waals surface area contributed by atoms with E-state index in [1.807, 2.05) is 0 Å². The lowest BCUT2D eigenvalue weighted by molar-refractivity contribution is 0.0811. The maximum Gasteiger partial charge on any atom is -0.0363 e. The molecule has 0 heteroatoms. The van der Waals surface area contributed by atoms with Gasteiger partial charge >= 0.3 is 0 Å². The molecule has 6 unspecified atom stereocenters. The molecular formula is C25H50. The smallest absolute Gasteiger partial charge is 0.0363 e. The van der Waals surface area contributed by atoms with Crippen LogP contribution in [0.5, 0.6) is 0 Å². The van der Waals surface area contributed by atoms with Crippen molar-refractivity contribution in [1.29, 1.82) is 0 Å². The van der Waals surface area contributed by atoms with E-state index < -0.39 is 0 Å². The number of hydrogen-bond donors (Lipinski definition) is 0. The highest BCUT2D eigenvalue weighted by atomic mass is 14.4. The molecule has 150 valence electrons. The van der Waals surface area contributed by atoms with Crippen LogP contribution in [0.4, 0.5) is 0 Å². The van der Waals surface area contributed by atoms with Gasteiger partial charge in [0.05, 0.1) is 0 Å². The van der Waals surface area contributed by atoms with Crippen molar-refractivity contribution in [3.63, 3.8) is 0 Å². The van der Waals surface area contributed by atoms with Gasteiger partial charge in [-0.05, 0) is 73.0 Å². The van der Waals surface area contributed by atoms with Gasteiger partial charge in [-0.2, -0.15) is 0 Å². The highest BCUT2D eigenvalue weighted by molar-refractivity contribution is 4.85. The quantitative estimate of drug-likeness (QED) is 0.350. The monoisotopic (exact) mass is 350 g/mol. The second-order valence-electron chi connectivity index (χ2n) is 10.0. The highest BCUT2D eigenvalue weighted by Gasteiger charge is 2.35. The summed E-state index contributed by atoms with van der Waals surface area (Å²) < 4.78 is 0. The summed E-state index contributed by atoms with van der Waals surface area (Å²) in [6.07, 6.45) is 12.9. The molecule has 1 saturated carbocycles. The molecule has 1 aliphatic carbocycles. The highest BCUT2D eigenvalue weighted by Crippen LogP contribution is 2.45. The van der Waals surface area contributed by atoms with E-state index in [2.05, 4.69) is 55.4 Å². The minimum Gasteiger partial charge on any atom is -0.0654 e. The summed E-state index contributed by atoms with van der Waals surface area (Å²) in [6.45, 7) is 19.7. The third-order valence-electron chi connectivity index (χ3n) is 7.97. The van der Waals surface area contributed by atoms with Crippen LogP contribution in [0.25, 0.3) is 0 Å². The Morgan fingerprint density at radius 3 is 1.88 bits per heavy atom. The maximum atomic E-state index is 2.58. The third-order valence-corrected chi connectivity index (χ3v) is 7.97. The fourth-order valence-corrected chi connectivity index (χ4v) is 6.06. The van der Waals surface area contributed by atoms with Gasteiger partial charge in [0.15, 0.2) is 0 Å². The zero-order valence-corrected chi connectivity index (χ0v) is 19.0. The van der Waals surface area contributed by atoms with Crippen LogP contribution in [0.3, 0.4) is 0 Å². The van der Waals surface area contributed by atoms with Crippen molar-refractivity contribution in [2.24, 2.45) is 47.3 Å². The van der Waals surface area contributed by atoms with E-state index in [1.165, 1.54) is 57.8 Å². The first-order valence-electron chi connectivity index (χ1n) is 11.8. The summed E-state index contributed by atoms with van der Waals surface area (Å²) in [5, 5.41) is 0. The molecule has 0 aliphatic heterocycles. The Hall–Kier alpha value is 0. The fraction of sp³-hybridized carbons (Fsp3) is 1.00. The second-order valence-corrected chi connectivity index (χ2v) is 10.0. The summed E-state index contributed by atoms with van der Waals surface area (Å²) in [4.78, 5) is 0. The van der Waals surface area contributed by atoms with E-state index in [1.54, 1.807) is 0 Å². The Balaban J connectivity index is 2.59. The summed E-state index contributed by atoms with van der Waals surface area (Å²) in [5.41, 5.74) is 0. The van der Waals surface area contributed by atoms with Crippen molar-refractivity contribution in [2.45, 2.75) is 113 Å². The van der Waals surface area contributed by atoms with Crippen molar-refractivity contribution in [1.82, 2.24) is 0 Å². The van der Waals surface area contributed by atoms with Crippen LogP contribution in [0.15, 0.2) is 0 Å². The third kappa shape index (κ3) is 6.91. The number of rotatable bonds is 11. The molecule has 0 bridgehead atoms. The molecule has 0 aromatic carbocycles. The van der Waals surface area contributed by atoms with Crippen molar-refractivity contribution < 1.29 is 0 Å². The lowest BCUT2D eigenvalue weighted by atomic mass is 9.63. The maximum absolute atomic E-state index is 2.58. The summed E-state index contributed by atoms with van der Waals surface area (Å²) >= 11 is 0. The molecule has 0 spiro atoms. The molecule has 1 aliphatic rings. The Morgan fingerprint density at radius 2 is 1.40 bits per heavy atom. The van der Waals surface area contributed by atoms with Gasteiger partial charge in [-0.1, -0.05) is 87.5 Å². The van der Waals surface area contributed by atoms with E-state index in [9.17, 15) is 0 Å². The molecule has 6 atom stereocenters. The first-order chi connectivity index (χ1) is 11.8. The molecule has 0 nitrogen and oxygen atoms in total. The SMILES string of the molecule is CCCC(CCC)C(C)CC(C)C(C)C1CCC(C(C)C)C(CC)C1. The predicted octanol–water partition coefficient (Wildman–Crippen LogP) is 8.60. The van der Waals surface area contributed by atoms with Gasteiger partial charge in [0, 0.05) is 0 Å². The zero-order valence-electron chi connectivity index (χ0n) is 19.0. The van der Waals surface area contributed by atoms with E-state index in [0.29, 0.717) is 0 Å². The van der Waals surface area contributed by atoms with Crippen LogP contribution in [0.1, 0.15) is 113 Å². The summed E-state index contributed by atoms with van der Waals surface area (Å²) in [6, 6.07) is 0. The van der Waals surface area contributed by atoms with Crippen LogP contribution in [0, 0.1) is 47.3 Å². The molecule has 0 aromatic rings. The number of hydrogen-bond acceptors (Lipinski definition) is 0. The second kappa shape index (κ2) is 11.7. The molecular weight excluding hydrogens is 300 g/mol. The molecule has 0 heterocycles.